The van der Waals surface area contributed by atoms with E-state index in [1.807, 2.05) is 13.8 Å². The topological polar surface area (TPSA) is 81.7 Å². The highest BCUT2D eigenvalue weighted by Gasteiger charge is 2.23. The van der Waals surface area contributed by atoms with E-state index in [9.17, 15) is 14.4 Å². The van der Waals surface area contributed by atoms with Crippen molar-refractivity contribution in [1.82, 2.24) is 0 Å². The normalized spacial score (nSPS) is 12.8. The molecule has 0 bridgehead atoms. The van der Waals surface area contributed by atoms with Crippen LogP contribution in [0.5, 0.6) is 0 Å². The van der Waals surface area contributed by atoms with Gasteiger partial charge in [0.2, 0.25) is 5.91 Å². The molecule has 1 amide bonds. The zero-order chi connectivity index (χ0) is 24.3. The highest BCUT2D eigenvalue weighted by atomic mass is 16.6. The maximum Gasteiger partial charge on any atom is 0.345 e. The molecule has 1 rings (SSSR count). The summed E-state index contributed by atoms with van der Waals surface area (Å²) in [5.74, 6) is -0.173. The Hall–Kier alpha value is -2.63. The highest BCUT2D eigenvalue weighted by molar-refractivity contribution is 6.17. The Morgan fingerprint density at radius 1 is 0.812 bits per heavy atom. The first-order valence-electron chi connectivity index (χ1n) is 11.4. The molecular weight excluding hydrogens is 406 g/mol. The van der Waals surface area contributed by atoms with Crippen LogP contribution in [-0.4, -0.2) is 31.1 Å². The molecule has 0 saturated carbocycles. The molecule has 0 radical (unpaired) electrons. The standard InChI is InChI=1S/C26H39NO5/c1-17(2)12-19(5)15-31-25(29)24(26(30)32-16-20(6)13-18(3)4)14-22-8-10-23(11-9-22)27-21(7)28/h8-11,14,17-20H,12-13,15-16H2,1-7H3,(H,27,28). The van der Waals surface area contributed by atoms with Crippen molar-refractivity contribution in [3.8, 4) is 0 Å². The fourth-order valence-corrected chi connectivity index (χ4v) is 3.57. The molecule has 6 heteroatoms. The lowest BCUT2D eigenvalue weighted by Gasteiger charge is -2.16. The number of carbonyl (C=O) groups is 3. The summed E-state index contributed by atoms with van der Waals surface area (Å²) >= 11 is 0. The summed E-state index contributed by atoms with van der Waals surface area (Å²) in [6.45, 7) is 14.4. The van der Waals surface area contributed by atoms with Crippen LogP contribution in [0.1, 0.15) is 66.9 Å². The molecule has 1 aromatic rings. The van der Waals surface area contributed by atoms with Crippen LogP contribution in [0.15, 0.2) is 29.8 Å². The lowest BCUT2D eigenvalue weighted by Crippen LogP contribution is -2.22. The number of benzene rings is 1. The van der Waals surface area contributed by atoms with E-state index in [1.54, 1.807) is 24.3 Å². The fraction of sp³-hybridized carbons (Fsp3) is 0.577. The first-order chi connectivity index (χ1) is 15.0. The minimum Gasteiger partial charge on any atom is -0.462 e. The van der Waals surface area contributed by atoms with Crippen molar-refractivity contribution >= 4 is 29.6 Å². The molecule has 0 aromatic heterocycles. The predicted octanol–water partition coefficient (Wildman–Crippen LogP) is 5.48. The summed E-state index contributed by atoms with van der Waals surface area (Å²) in [4.78, 5) is 36.7. The first kappa shape index (κ1) is 27.4. The van der Waals surface area contributed by atoms with Gasteiger partial charge in [0.1, 0.15) is 5.57 Å². The lowest BCUT2D eigenvalue weighted by atomic mass is 10.00. The number of amides is 1. The van der Waals surface area contributed by atoms with Gasteiger partial charge in [-0.1, -0.05) is 53.7 Å². The molecule has 0 aliphatic carbocycles. The Bertz CT molecular complexity index is 746. The number of anilines is 1. The van der Waals surface area contributed by atoms with Crippen molar-refractivity contribution in [3.05, 3.63) is 35.4 Å². The largest absolute Gasteiger partial charge is 0.462 e. The maximum atomic E-state index is 12.8. The van der Waals surface area contributed by atoms with Crippen LogP contribution in [0.3, 0.4) is 0 Å². The summed E-state index contributed by atoms with van der Waals surface area (Å²) in [6.07, 6.45) is 3.32. The molecule has 0 fully saturated rings. The molecule has 0 spiro atoms. The van der Waals surface area contributed by atoms with Gasteiger partial charge in [0.15, 0.2) is 0 Å². The van der Waals surface area contributed by atoms with Gasteiger partial charge < -0.3 is 14.8 Å². The van der Waals surface area contributed by atoms with E-state index < -0.39 is 11.9 Å². The summed E-state index contributed by atoms with van der Waals surface area (Å²) in [5, 5.41) is 2.68. The van der Waals surface area contributed by atoms with Crippen LogP contribution in [0, 0.1) is 23.7 Å². The number of hydrogen-bond donors (Lipinski definition) is 1. The predicted molar refractivity (Wildman–Crippen MR) is 128 cm³/mol. The van der Waals surface area contributed by atoms with Crippen LogP contribution in [0.2, 0.25) is 0 Å². The van der Waals surface area contributed by atoms with Gasteiger partial charge in [0.05, 0.1) is 13.2 Å². The van der Waals surface area contributed by atoms with Crippen LogP contribution in [0.25, 0.3) is 6.08 Å². The van der Waals surface area contributed by atoms with Crippen molar-refractivity contribution in [2.24, 2.45) is 23.7 Å². The summed E-state index contributed by atoms with van der Waals surface area (Å²) in [5.41, 5.74) is 1.13. The molecule has 0 aliphatic heterocycles. The molecule has 0 aliphatic rings. The second-order valence-electron chi connectivity index (χ2n) is 9.53. The number of carbonyl (C=O) groups excluding carboxylic acids is 3. The maximum absolute atomic E-state index is 12.8. The second kappa shape index (κ2) is 13.7. The van der Waals surface area contributed by atoms with Gasteiger partial charge in [0.25, 0.3) is 0 Å². The second-order valence-corrected chi connectivity index (χ2v) is 9.53. The minimum absolute atomic E-state index is 0.134. The number of hydrogen-bond acceptors (Lipinski definition) is 5. The molecule has 0 saturated heterocycles. The van der Waals surface area contributed by atoms with E-state index in [-0.39, 0.29) is 36.5 Å². The average molecular weight is 446 g/mol. The number of ether oxygens (including phenoxy) is 2. The third-order valence-corrected chi connectivity index (χ3v) is 4.73. The molecule has 32 heavy (non-hydrogen) atoms. The van der Waals surface area contributed by atoms with Crippen molar-refractivity contribution in [1.29, 1.82) is 0 Å². The van der Waals surface area contributed by atoms with Crippen molar-refractivity contribution in [2.75, 3.05) is 18.5 Å². The fourth-order valence-electron chi connectivity index (χ4n) is 3.57. The monoisotopic (exact) mass is 445 g/mol. The molecular formula is C26H39NO5. The van der Waals surface area contributed by atoms with E-state index in [0.29, 0.717) is 23.1 Å². The van der Waals surface area contributed by atoms with Crippen molar-refractivity contribution in [2.45, 2.75) is 61.3 Å². The molecule has 178 valence electrons. The molecule has 6 nitrogen and oxygen atoms in total. The van der Waals surface area contributed by atoms with Crippen LogP contribution in [-0.2, 0) is 23.9 Å². The van der Waals surface area contributed by atoms with E-state index in [4.69, 9.17) is 9.47 Å². The highest BCUT2D eigenvalue weighted by Crippen LogP contribution is 2.17. The average Bonchev–Trinajstić information content (AvgIpc) is 2.68. The number of esters is 2. The lowest BCUT2D eigenvalue weighted by molar-refractivity contribution is -0.148. The third-order valence-electron chi connectivity index (χ3n) is 4.73. The Morgan fingerprint density at radius 2 is 1.25 bits per heavy atom. The molecule has 0 heterocycles. The van der Waals surface area contributed by atoms with Crippen LogP contribution >= 0.6 is 0 Å². The van der Waals surface area contributed by atoms with Crippen molar-refractivity contribution < 1.29 is 23.9 Å². The van der Waals surface area contributed by atoms with E-state index in [1.165, 1.54) is 13.0 Å². The summed E-state index contributed by atoms with van der Waals surface area (Å²) in [7, 11) is 0. The molecule has 1 aromatic carbocycles. The van der Waals surface area contributed by atoms with Crippen molar-refractivity contribution in [3.63, 3.8) is 0 Å². The van der Waals surface area contributed by atoms with Crippen LogP contribution < -0.4 is 5.32 Å². The van der Waals surface area contributed by atoms with Crippen LogP contribution in [0.4, 0.5) is 5.69 Å². The summed E-state index contributed by atoms with van der Waals surface area (Å²) < 4.78 is 10.9. The zero-order valence-corrected chi connectivity index (χ0v) is 20.6. The quantitative estimate of drug-likeness (QED) is 0.199. The zero-order valence-electron chi connectivity index (χ0n) is 20.6. The Labute approximate surface area is 192 Å². The number of rotatable bonds is 12. The Kier molecular flexibility index (Phi) is 11.7. The molecule has 1 N–H and O–H groups in total. The van der Waals surface area contributed by atoms with E-state index in [0.717, 1.165) is 12.8 Å². The first-order valence-corrected chi connectivity index (χ1v) is 11.4. The molecule has 2 unspecified atom stereocenters. The van der Waals surface area contributed by atoms with Gasteiger partial charge in [0, 0.05) is 12.6 Å². The smallest absolute Gasteiger partial charge is 0.345 e. The summed E-state index contributed by atoms with van der Waals surface area (Å²) in [6, 6.07) is 6.84. The Balaban J connectivity index is 2.98. The van der Waals surface area contributed by atoms with Gasteiger partial charge in [-0.15, -0.1) is 0 Å². The van der Waals surface area contributed by atoms with Gasteiger partial charge >= 0.3 is 11.9 Å². The number of nitrogens with one attached hydrogen (secondary N) is 1. The SMILES string of the molecule is CC(=O)Nc1ccc(C=C(C(=O)OCC(C)CC(C)C)C(=O)OCC(C)CC(C)C)cc1. The Morgan fingerprint density at radius 3 is 1.62 bits per heavy atom. The van der Waals surface area contributed by atoms with Gasteiger partial charge in [-0.2, -0.15) is 0 Å². The van der Waals surface area contributed by atoms with E-state index >= 15 is 0 Å². The minimum atomic E-state index is -0.687. The van der Waals surface area contributed by atoms with Gasteiger partial charge in [-0.3, -0.25) is 4.79 Å². The van der Waals surface area contributed by atoms with Gasteiger partial charge in [-0.05, 0) is 60.3 Å². The molecule has 2 atom stereocenters. The van der Waals surface area contributed by atoms with E-state index in [2.05, 4.69) is 33.0 Å². The van der Waals surface area contributed by atoms with Gasteiger partial charge in [-0.25, -0.2) is 9.59 Å². The third kappa shape index (κ3) is 11.1.